The van der Waals surface area contributed by atoms with E-state index in [9.17, 15) is 4.39 Å². The molecule has 0 saturated carbocycles. The SMILES string of the molecule is Fc1cc(NC(=S)Nc2ccc(N3CCCCC3)cc2)ccc1Cl. The molecule has 0 spiro atoms. The molecule has 2 aromatic carbocycles. The number of nitrogens with zero attached hydrogens (tertiary/aromatic N) is 1. The van der Waals surface area contributed by atoms with Gasteiger partial charge in [-0.3, -0.25) is 0 Å². The summed E-state index contributed by atoms with van der Waals surface area (Å²) in [6.07, 6.45) is 3.83. The van der Waals surface area contributed by atoms with Gasteiger partial charge in [0.1, 0.15) is 5.82 Å². The summed E-state index contributed by atoms with van der Waals surface area (Å²) >= 11 is 10.9. The number of nitrogens with one attached hydrogen (secondary N) is 2. The van der Waals surface area contributed by atoms with Gasteiger partial charge >= 0.3 is 0 Å². The maximum Gasteiger partial charge on any atom is 0.175 e. The van der Waals surface area contributed by atoms with Gasteiger partial charge in [-0.25, -0.2) is 4.39 Å². The first kappa shape index (κ1) is 17.0. The van der Waals surface area contributed by atoms with Crippen LogP contribution in [0.3, 0.4) is 0 Å². The third kappa shape index (κ3) is 4.36. The van der Waals surface area contributed by atoms with Gasteiger partial charge in [0.05, 0.1) is 5.02 Å². The van der Waals surface area contributed by atoms with Crippen LogP contribution in [0, 0.1) is 5.82 Å². The van der Waals surface area contributed by atoms with Crippen LogP contribution in [0.5, 0.6) is 0 Å². The van der Waals surface area contributed by atoms with E-state index in [0.717, 1.165) is 18.8 Å². The minimum Gasteiger partial charge on any atom is -0.372 e. The van der Waals surface area contributed by atoms with Crippen LogP contribution < -0.4 is 15.5 Å². The lowest BCUT2D eigenvalue weighted by molar-refractivity contribution is 0.578. The molecule has 0 radical (unpaired) electrons. The molecule has 0 aromatic heterocycles. The van der Waals surface area contributed by atoms with Crippen molar-refractivity contribution in [3.63, 3.8) is 0 Å². The molecule has 0 amide bonds. The first-order chi connectivity index (χ1) is 11.6. The van der Waals surface area contributed by atoms with Gasteiger partial charge in [0.15, 0.2) is 5.11 Å². The van der Waals surface area contributed by atoms with Gasteiger partial charge in [-0.15, -0.1) is 0 Å². The molecule has 0 aliphatic carbocycles. The van der Waals surface area contributed by atoms with E-state index in [2.05, 4.69) is 27.7 Å². The van der Waals surface area contributed by atoms with E-state index in [4.69, 9.17) is 23.8 Å². The predicted octanol–water partition coefficient (Wildman–Crippen LogP) is 5.28. The van der Waals surface area contributed by atoms with Gasteiger partial charge in [0.25, 0.3) is 0 Å². The monoisotopic (exact) mass is 363 g/mol. The molecule has 1 heterocycles. The van der Waals surface area contributed by atoms with Crippen LogP contribution in [0.15, 0.2) is 42.5 Å². The molecule has 1 aliphatic rings. The Morgan fingerprint density at radius 3 is 2.25 bits per heavy atom. The molecule has 3 nitrogen and oxygen atoms in total. The number of rotatable bonds is 3. The number of benzene rings is 2. The summed E-state index contributed by atoms with van der Waals surface area (Å²) in [6.45, 7) is 2.24. The van der Waals surface area contributed by atoms with Gasteiger partial charge in [-0.1, -0.05) is 11.6 Å². The van der Waals surface area contributed by atoms with Gasteiger partial charge in [-0.2, -0.15) is 0 Å². The molecule has 2 aromatic rings. The summed E-state index contributed by atoms with van der Waals surface area (Å²) in [6, 6.07) is 12.7. The number of hydrogen-bond donors (Lipinski definition) is 2. The van der Waals surface area contributed by atoms with Crippen LogP contribution in [0.25, 0.3) is 0 Å². The average Bonchev–Trinajstić information content (AvgIpc) is 2.59. The first-order valence-electron chi connectivity index (χ1n) is 8.00. The molecule has 1 saturated heterocycles. The van der Waals surface area contributed by atoms with Gasteiger partial charge in [0.2, 0.25) is 0 Å². The maximum absolute atomic E-state index is 13.4. The van der Waals surface area contributed by atoms with Crippen molar-refractivity contribution >= 4 is 46.0 Å². The molecular weight excluding hydrogens is 345 g/mol. The van der Waals surface area contributed by atoms with Crippen LogP contribution >= 0.6 is 23.8 Å². The largest absolute Gasteiger partial charge is 0.372 e. The first-order valence-corrected chi connectivity index (χ1v) is 8.78. The average molecular weight is 364 g/mol. The van der Waals surface area contributed by atoms with E-state index in [-0.39, 0.29) is 5.02 Å². The highest BCUT2D eigenvalue weighted by Crippen LogP contribution is 2.22. The Hall–Kier alpha value is -1.85. The van der Waals surface area contributed by atoms with E-state index in [1.165, 1.54) is 37.1 Å². The van der Waals surface area contributed by atoms with Crippen molar-refractivity contribution in [3.05, 3.63) is 53.3 Å². The molecule has 3 rings (SSSR count). The molecule has 1 fully saturated rings. The minimum atomic E-state index is -0.477. The second-order valence-corrected chi connectivity index (χ2v) is 6.62. The second kappa shape index (κ2) is 7.81. The normalized spacial score (nSPS) is 14.3. The summed E-state index contributed by atoms with van der Waals surface area (Å²) in [5.41, 5.74) is 2.68. The van der Waals surface area contributed by atoms with Crippen molar-refractivity contribution in [2.45, 2.75) is 19.3 Å². The number of piperidine rings is 1. The zero-order valence-corrected chi connectivity index (χ0v) is 14.8. The number of thiocarbonyl (C=S) groups is 1. The Kier molecular flexibility index (Phi) is 5.53. The lowest BCUT2D eigenvalue weighted by atomic mass is 10.1. The molecule has 6 heteroatoms. The van der Waals surface area contributed by atoms with Gasteiger partial charge in [-0.05, 0) is 73.9 Å². The van der Waals surface area contributed by atoms with E-state index in [1.54, 1.807) is 6.07 Å². The summed E-state index contributed by atoms with van der Waals surface area (Å²) in [5, 5.41) is 6.54. The van der Waals surface area contributed by atoms with Gasteiger partial charge < -0.3 is 15.5 Å². The van der Waals surface area contributed by atoms with Crippen molar-refractivity contribution in [3.8, 4) is 0 Å². The van der Waals surface area contributed by atoms with Crippen molar-refractivity contribution < 1.29 is 4.39 Å². The standard InChI is InChI=1S/C18H19ClFN3S/c19-16-9-6-14(12-17(16)20)22-18(24)21-13-4-7-15(8-5-13)23-10-2-1-3-11-23/h4-9,12H,1-3,10-11H2,(H2,21,22,24). The van der Waals surface area contributed by atoms with Crippen LogP contribution in [0.2, 0.25) is 5.02 Å². The summed E-state index contributed by atoms with van der Waals surface area (Å²) in [4.78, 5) is 2.40. The molecular formula is C18H19ClFN3S. The Labute approximate surface area is 151 Å². The second-order valence-electron chi connectivity index (χ2n) is 5.80. The lowest BCUT2D eigenvalue weighted by Crippen LogP contribution is -2.29. The van der Waals surface area contributed by atoms with Crippen molar-refractivity contribution in [1.29, 1.82) is 0 Å². The fourth-order valence-corrected chi connectivity index (χ4v) is 3.13. The Morgan fingerprint density at radius 1 is 0.958 bits per heavy atom. The highest BCUT2D eigenvalue weighted by atomic mass is 35.5. The predicted molar refractivity (Wildman–Crippen MR) is 104 cm³/mol. The molecule has 0 unspecified atom stereocenters. The number of halogens is 2. The maximum atomic E-state index is 13.4. The zero-order chi connectivity index (χ0) is 16.9. The molecule has 2 N–H and O–H groups in total. The number of anilines is 3. The van der Waals surface area contributed by atoms with Crippen molar-refractivity contribution in [2.24, 2.45) is 0 Å². The highest BCUT2D eigenvalue weighted by Gasteiger charge is 2.10. The number of hydrogen-bond acceptors (Lipinski definition) is 2. The van der Waals surface area contributed by atoms with E-state index >= 15 is 0 Å². The van der Waals surface area contributed by atoms with Crippen LogP contribution in [-0.4, -0.2) is 18.2 Å². The van der Waals surface area contributed by atoms with Crippen molar-refractivity contribution in [2.75, 3.05) is 28.6 Å². The smallest absolute Gasteiger partial charge is 0.175 e. The molecule has 126 valence electrons. The third-order valence-corrected chi connectivity index (χ3v) is 4.53. The zero-order valence-electron chi connectivity index (χ0n) is 13.2. The van der Waals surface area contributed by atoms with E-state index in [0.29, 0.717) is 10.8 Å². The summed E-state index contributed by atoms with van der Waals surface area (Å²) in [5.74, 6) is -0.477. The Balaban J connectivity index is 1.58. The van der Waals surface area contributed by atoms with Crippen molar-refractivity contribution in [1.82, 2.24) is 0 Å². The summed E-state index contributed by atoms with van der Waals surface area (Å²) in [7, 11) is 0. The highest BCUT2D eigenvalue weighted by molar-refractivity contribution is 7.80. The van der Waals surface area contributed by atoms with E-state index in [1.807, 2.05) is 12.1 Å². The fraction of sp³-hybridized carbons (Fsp3) is 0.278. The van der Waals surface area contributed by atoms with Crippen LogP contribution in [0.1, 0.15) is 19.3 Å². The minimum absolute atomic E-state index is 0.0905. The quantitative estimate of drug-likeness (QED) is 0.725. The Morgan fingerprint density at radius 2 is 1.58 bits per heavy atom. The topological polar surface area (TPSA) is 27.3 Å². The van der Waals surface area contributed by atoms with Crippen LogP contribution in [0.4, 0.5) is 21.5 Å². The fourth-order valence-electron chi connectivity index (χ4n) is 2.78. The molecule has 0 atom stereocenters. The Bertz CT molecular complexity index is 715. The van der Waals surface area contributed by atoms with E-state index < -0.39 is 5.82 Å². The summed E-state index contributed by atoms with van der Waals surface area (Å²) < 4.78 is 13.4. The molecule has 0 bridgehead atoms. The third-order valence-electron chi connectivity index (χ3n) is 4.02. The molecule has 24 heavy (non-hydrogen) atoms. The van der Waals surface area contributed by atoms with Gasteiger partial charge in [0, 0.05) is 30.2 Å². The lowest BCUT2D eigenvalue weighted by Gasteiger charge is -2.28. The molecule has 1 aliphatic heterocycles. The van der Waals surface area contributed by atoms with Crippen LogP contribution in [-0.2, 0) is 0 Å².